The van der Waals surface area contributed by atoms with E-state index in [-0.39, 0.29) is 18.2 Å². The topological polar surface area (TPSA) is 93.0 Å². The maximum atomic E-state index is 12.6. The van der Waals surface area contributed by atoms with E-state index in [1.807, 2.05) is 28.8 Å². The second-order valence-corrected chi connectivity index (χ2v) is 9.10. The number of hydrogen-bond acceptors (Lipinski definition) is 5. The van der Waals surface area contributed by atoms with Crippen LogP contribution >= 0.6 is 0 Å². The van der Waals surface area contributed by atoms with Gasteiger partial charge in [-0.05, 0) is 18.1 Å². The van der Waals surface area contributed by atoms with Gasteiger partial charge in [0, 0.05) is 32.3 Å². The van der Waals surface area contributed by atoms with Crippen molar-refractivity contribution in [2.24, 2.45) is 5.92 Å². The maximum absolute atomic E-state index is 12.6. The number of sulfonamides is 1. The van der Waals surface area contributed by atoms with Crippen molar-refractivity contribution in [2.75, 3.05) is 38.6 Å². The zero-order valence-electron chi connectivity index (χ0n) is 15.7. The number of amides is 1. The second-order valence-electron chi connectivity index (χ2n) is 7.01. The highest BCUT2D eigenvalue weighted by Crippen LogP contribution is 2.16. The normalized spacial score (nSPS) is 16.1. The third-order valence-electron chi connectivity index (χ3n) is 4.44. The number of ether oxygens (including phenoxy) is 1. The van der Waals surface area contributed by atoms with Gasteiger partial charge in [0.1, 0.15) is 5.82 Å². The van der Waals surface area contributed by atoms with E-state index in [0.717, 1.165) is 17.8 Å². The molecule has 0 atom stereocenters. The van der Waals surface area contributed by atoms with E-state index < -0.39 is 10.0 Å². The molecular formula is C18H26N4O4S. The standard InChI is InChI=1S/C18H26N4O4S/c1-14(2)13-16-20-17(15-5-3-4-7-22(15)16)18(23)19-6-12-27(24,25)21-8-10-26-11-9-21/h3-5,7,14H,6,8-13H2,1-2H3,(H,19,23). The molecule has 1 aliphatic heterocycles. The lowest BCUT2D eigenvalue weighted by Crippen LogP contribution is -2.43. The Hall–Kier alpha value is -1.97. The van der Waals surface area contributed by atoms with E-state index in [1.54, 1.807) is 0 Å². The third kappa shape index (κ3) is 4.66. The second kappa shape index (κ2) is 8.37. The van der Waals surface area contributed by atoms with E-state index in [4.69, 9.17) is 4.74 Å². The van der Waals surface area contributed by atoms with Gasteiger partial charge in [-0.15, -0.1) is 0 Å². The number of rotatable bonds is 7. The van der Waals surface area contributed by atoms with Crippen LogP contribution in [0.25, 0.3) is 5.52 Å². The fourth-order valence-corrected chi connectivity index (χ4v) is 4.43. The van der Waals surface area contributed by atoms with Crippen LogP contribution in [0.15, 0.2) is 24.4 Å². The molecule has 1 N–H and O–H groups in total. The van der Waals surface area contributed by atoms with Crippen molar-refractivity contribution in [3.8, 4) is 0 Å². The first-order valence-corrected chi connectivity index (χ1v) is 10.8. The van der Waals surface area contributed by atoms with Crippen LogP contribution in [-0.2, 0) is 21.2 Å². The molecule has 2 aromatic rings. The first-order valence-electron chi connectivity index (χ1n) is 9.18. The van der Waals surface area contributed by atoms with Gasteiger partial charge in [0.05, 0.1) is 24.5 Å². The van der Waals surface area contributed by atoms with Crippen LogP contribution in [0.1, 0.15) is 30.2 Å². The fourth-order valence-electron chi connectivity index (χ4n) is 3.11. The predicted octanol–water partition coefficient (Wildman–Crippen LogP) is 0.925. The Kier molecular flexibility index (Phi) is 6.13. The summed E-state index contributed by atoms with van der Waals surface area (Å²) in [6.45, 7) is 5.78. The molecule has 0 bridgehead atoms. The molecular weight excluding hydrogens is 368 g/mol. The molecule has 0 aromatic carbocycles. The highest BCUT2D eigenvalue weighted by Gasteiger charge is 2.24. The minimum atomic E-state index is -3.40. The molecule has 148 valence electrons. The van der Waals surface area contributed by atoms with Crippen molar-refractivity contribution >= 4 is 21.4 Å². The summed E-state index contributed by atoms with van der Waals surface area (Å²) in [4.78, 5) is 17.1. The van der Waals surface area contributed by atoms with Crippen molar-refractivity contribution in [3.63, 3.8) is 0 Å². The fraction of sp³-hybridized carbons (Fsp3) is 0.556. The van der Waals surface area contributed by atoms with Gasteiger partial charge in [0.2, 0.25) is 10.0 Å². The summed E-state index contributed by atoms with van der Waals surface area (Å²) < 4.78 is 33.2. The smallest absolute Gasteiger partial charge is 0.272 e. The average Bonchev–Trinajstić information content (AvgIpc) is 3.00. The Balaban J connectivity index is 1.67. The monoisotopic (exact) mass is 394 g/mol. The number of carbonyl (C=O) groups is 1. The van der Waals surface area contributed by atoms with Gasteiger partial charge in [0.25, 0.3) is 5.91 Å². The molecule has 0 aliphatic carbocycles. The van der Waals surface area contributed by atoms with Gasteiger partial charge >= 0.3 is 0 Å². The molecule has 3 rings (SSSR count). The van der Waals surface area contributed by atoms with Gasteiger partial charge in [-0.25, -0.2) is 13.4 Å². The number of fused-ring (bicyclic) bond motifs is 1. The van der Waals surface area contributed by atoms with Crippen LogP contribution in [0.4, 0.5) is 0 Å². The number of hydrogen-bond donors (Lipinski definition) is 1. The Morgan fingerprint density at radius 2 is 2.04 bits per heavy atom. The first-order chi connectivity index (χ1) is 12.9. The lowest BCUT2D eigenvalue weighted by atomic mass is 10.1. The van der Waals surface area contributed by atoms with Crippen LogP contribution in [-0.4, -0.2) is 66.6 Å². The molecule has 0 spiro atoms. The van der Waals surface area contributed by atoms with Crippen molar-refractivity contribution < 1.29 is 17.9 Å². The summed E-state index contributed by atoms with van der Waals surface area (Å²) in [7, 11) is -3.40. The van der Waals surface area contributed by atoms with Crippen LogP contribution in [0.3, 0.4) is 0 Å². The van der Waals surface area contributed by atoms with E-state index in [2.05, 4.69) is 24.1 Å². The van der Waals surface area contributed by atoms with Gasteiger partial charge in [0.15, 0.2) is 5.69 Å². The van der Waals surface area contributed by atoms with Gasteiger partial charge < -0.3 is 14.5 Å². The third-order valence-corrected chi connectivity index (χ3v) is 6.31. The molecule has 8 nitrogen and oxygen atoms in total. The summed E-state index contributed by atoms with van der Waals surface area (Å²) in [6, 6.07) is 5.60. The van der Waals surface area contributed by atoms with E-state index in [0.29, 0.717) is 37.9 Å². The highest BCUT2D eigenvalue weighted by molar-refractivity contribution is 7.89. The van der Waals surface area contributed by atoms with Crippen molar-refractivity contribution in [1.82, 2.24) is 19.0 Å². The Morgan fingerprint density at radius 3 is 2.74 bits per heavy atom. The summed E-state index contributed by atoms with van der Waals surface area (Å²) in [6.07, 6.45) is 2.64. The van der Waals surface area contributed by atoms with Crippen LogP contribution in [0, 0.1) is 5.92 Å². The molecule has 1 amide bonds. The Bertz CT molecular complexity index is 901. The quantitative estimate of drug-likeness (QED) is 0.754. The largest absolute Gasteiger partial charge is 0.379 e. The average molecular weight is 394 g/mol. The van der Waals surface area contributed by atoms with Crippen molar-refractivity contribution in [3.05, 3.63) is 35.9 Å². The highest BCUT2D eigenvalue weighted by atomic mass is 32.2. The first kappa shape index (κ1) is 19.8. The molecule has 3 heterocycles. The summed E-state index contributed by atoms with van der Waals surface area (Å²) in [5.41, 5.74) is 1.05. The number of nitrogens with one attached hydrogen (secondary N) is 1. The van der Waals surface area contributed by atoms with Crippen molar-refractivity contribution in [1.29, 1.82) is 0 Å². The van der Waals surface area contributed by atoms with Crippen molar-refractivity contribution in [2.45, 2.75) is 20.3 Å². The van der Waals surface area contributed by atoms with Crippen LogP contribution < -0.4 is 5.32 Å². The number of aromatic nitrogens is 2. The van der Waals surface area contributed by atoms with E-state index in [1.165, 1.54) is 4.31 Å². The van der Waals surface area contributed by atoms with Gasteiger partial charge in [-0.3, -0.25) is 4.79 Å². The number of carbonyl (C=O) groups excluding carboxylic acids is 1. The van der Waals surface area contributed by atoms with Gasteiger partial charge in [-0.2, -0.15) is 4.31 Å². The molecule has 0 saturated carbocycles. The molecule has 27 heavy (non-hydrogen) atoms. The molecule has 9 heteroatoms. The molecule has 0 unspecified atom stereocenters. The summed E-state index contributed by atoms with van der Waals surface area (Å²) in [5.74, 6) is 0.742. The van der Waals surface area contributed by atoms with Crippen LogP contribution in [0.2, 0.25) is 0 Å². The number of imidazole rings is 1. The van der Waals surface area contributed by atoms with E-state index in [9.17, 15) is 13.2 Å². The minimum Gasteiger partial charge on any atom is -0.379 e. The Labute approximate surface area is 159 Å². The zero-order chi connectivity index (χ0) is 19.4. The lowest BCUT2D eigenvalue weighted by molar-refractivity contribution is 0.0730. The molecule has 0 radical (unpaired) electrons. The molecule has 1 saturated heterocycles. The summed E-state index contributed by atoms with van der Waals surface area (Å²) in [5, 5.41) is 2.70. The maximum Gasteiger partial charge on any atom is 0.272 e. The molecule has 2 aromatic heterocycles. The van der Waals surface area contributed by atoms with Gasteiger partial charge in [-0.1, -0.05) is 19.9 Å². The Morgan fingerprint density at radius 1 is 1.30 bits per heavy atom. The van der Waals surface area contributed by atoms with E-state index >= 15 is 0 Å². The zero-order valence-corrected chi connectivity index (χ0v) is 16.5. The number of pyridine rings is 1. The molecule has 1 aliphatic rings. The number of morpholine rings is 1. The predicted molar refractivity (Wildman–Crippen MR) is 102 cm³/mol. The SMILES string of the molecule is CC(C)Cc1nc(C(=O)NCCS(=O)(=O)N2CCOCC2)c2ccccn12. The number of nitrogens with zero attached hydrogens (tertiary/aromatic N) is 3. The van der Waals surface area contributed by atoms with Crippen LogP contribution in [0.5, 0.6) is 0 Å². The minimum absolute atomic E-state index is 0.0455. The lowest BCUT2D eigenvalue weighted by Gasteiger charge is -2.25. The molecule has 1 fully saturated rings. The summed E-state index contributed by atoms with van der Waals surface area (Å²) >= 11 is 0.